The number of rotatable bonds is 4. The number of hydrogen-bond donors (Lipinski definition) is 1. The van der Waals surface area contributed by atoms with Crippen LogP contribution in [-0.2, 0) is 9.59 Å². The molecule has 0 saturated carbocycles. The molecule has 4 rings (SSSR count). The fourth-order valence-electron chi connectivity index (χ4n) is 3.28. The fraction of sp³-hybridized carbons (Fsp3) is 0.0870. The Labute approximate surface area is 167 Å². The summed E-state index contributed by atoms with van der Waals surface area (Å²) in [4.78, 5) is 38.8. The van der Waals surface area contributed by atoms with Gasteiger partial charge in [0.05, 0.1) is 12.3 Å². The second-order valence-corrected chi connectivity index (χ2v) is 6.45. The first-order chi connectivity index (χ1) is 14.1. The maximum Gasteiger partial charge on any atom is 0.335 e. The van der Waals surface area contributed by atoms with Gasteiger partial charge in [-0.1, -0.05) is 42.5 Å². The van der Waals surface area contributed by atoms with E-state index in [0.717, 1.165) is 21.2 Å². The lowest BCUT2D eigenvalue weighted by Crippen LogP contribution is -2.54. The van der Waals surface area contributed by atoms with E-state index in [2.05, 4.69) is 5.32 Å². The molecule has 3 aromatic carbocycles. The second kappa shape index (κ2) is 7.59. The highest BCUT2D eigenvalue weighted by atomic mass is 16.5. The zero-order valence-corrected chi connectivity index (χ0v) is 15.7. The van der Waals surface area contributed by atoms with Gasteiger partial charge in [-0.15, -0.1) is 0 Å². The number of urea groups is 1. The van der Waals surface area contributed by atoms with Crippen LogP contribution in [0.15, 0.2) is 72.3 Å². The molecule has 3 aromatic rings. The first-order valence-electron chi connectivity index (χ1n) is 9.20. The van der Waals surface area contributed by atoms with Crippen LogP contribution in [0.4, 0.5) is 10.5 Å². The Balaban J connectivity index is 1.74. The third-order valence-electron chi connectivity index (χ3n) is 4.63. The number of fused-ring (bicyclic) bond motifs is 1. The van der Waals surface area contributed by atoms with E-state index in [4.69, 9.17) is 4.74 Å². The van der Waals surface area contributed by atoms with Gasteiger partial charge in [0.25, 0.3) is 11.8 Å². The maximum atomic E-state index is 13.0. The van der Waals surface area contributed by atoms with E-state index in [1.54, 1.807) is 24.3 Å². The number of carbonyl (C=O) groups excluding carboxylic acids is 3. The molecule has 1 N–H and O–H groups in total. The standard InChI is InChI=1S/C23H18N2O4/c1-2-29-18-12-10-17(11-13-18)25-22(27)20(21(26)24-23(25)28)14-16-8-5-7-15-6-3-4-9-19(15)16/h3-14H,2H2,1H3,(H,24,26,28)/b20-14-. The lowest BCUT2D eigenvalue weighted by atomic mass is 10.0. The van der Waals surface area contributed by atoms with Crippen LogP contribution >= 0.6 is 0 Å². The number of anilines is 1. The van der Waals surface area contributed by atoms with Gasteiger partial charge in [0, 0.05) is 0 Å². The molecule has 29 heavy (non-hydrogen) atoms. The van der Waals surface area contributed by atoms with E-state index in [0.29, 0.717) is 18.0 Å². The molecule has 0 atom stereocenters. The summed E-state index contributed by atoms with van der Waals surface area (Å²) in [6.07, 6.45) is 1.52. The molecule has 0 bridgehead atoms. The molecule has 1 aliphatic heterocycles. The molecule has 1 heterocycles. The van der Waals surface area contributed by atoms with E-state index in [1.807, 2.05) is 49.4 Å². The van der Waals surface area contributed by atoms with Crippen molar-refractivity contribution in [2.75, 3.05) is 11.5 Å². The minimum absolute atomic E-state index is 0.102. The zero-order chi connectivity index (χ0) is 20.4. The van der Waals surface area contributed by atoms with Crippen LogP contribution in [0.1, 0.15) is 12.5 Å². The van der Waals surface area contributed by atoms with Crippen molar-refractivity contribution < 1.29 is 19.1 Å². The van der Waals surface area contributed by atoms with Crippen molar-refractivity contribution in [3.8, 4) is 5.75 Å². The molecule has 1 aliphatic rings. The van der Waals surface area contributed by atoms with Crippen LogP contribution in [0.3, 0.4) is 0 Å². The predicted octanol–water partition coefficient (Wildman–Crippen LogP) is 3.90. The molecular formula is C23H18N2O4. The van der Waals surface area contributed by atoms with E-state index < -0.39 is 17.8 Å². The number of carbonyl (C=O) groups is 3. The molecule has 4 amide bonds. The number of nitrogens with one attached hydrogen (secondary N) is 1. The third kappa shape index (κ3) is 3.48. The monoisotopic (exact) mass is 386 g/mol. The van der Waals surface area contributed by atoms with Crippen LogP contribution < -0.4 is 15.0 Å². The SMILES string of the molecule is CCOc1ccc(N2C(=O)NC(=O)/C(=C/c3cccc4ccccc34)C2=O)cc1. The van der Waals surface area contributed by atoms with Crippen LogP contribution in [0.25, 0.3) is 16.8 Å². The molecule has 0 aliphatic carbocycles. The van der Waals surface area contributed by atoms with Crippen molar-refractivity contribution >= 4 is 40.4 Å². The average Bonchev–Trinajstić information content (AvgIpc) is 2.72. The molecule has 0 radical (unpaired) electrons. The lowest BCUT2D eigenvalue weighted by molar-refractivity contribution is -0.122. The number of barbiturate groups is 1. The number of nitrogens with zero attached hydrogens (tertiary/aromatic N) is 1. The number of imide groups is 2. The Bertz CT molecular complexity index is 1140. The first kappa shape index (κ1) is 18.4. The van der Waals surface area contributed by atoms with Gasteiger partial charge in [-0.3, -0.25) is 14.9 Å². The van der Waals surface area contributed by atoms with Crippen LogP contribution in [0, 0.1) is 0 Å². The highest BCUT2D eigenvalue weighted by Gasteiger charge is 2.36. The van der Waals surface area contributed by atoms with Crippen molar-refractivity contribution in [2.24, 2.45) is 0 Å². The molecule has 1 fully saturated rings. The van der Waals surface area contributed by atoms with Gasteiger partial charge in [0.2, 0.25) is 0 Å². The van der Waals surface area contributed by atoms with Crippen molar-refractivity contribution in [2.45, 2.75) is 6.92 Å². The van der Waals surface area contributed by atoms with Crippen LogP contribution in [0.5, 0.6) is 5.75 Å². The third-order valence-corrected chi connectivity index (χ3v) is 4.63. The Morgan fingerprint density at radius 3 is 2.41 bits per heavy atom. The Morgan fingerprint density at radius 2 is 1.66 bits per heavy atom. The summed E-state index contributed by atoms with van der Waals surface area (Å²) in [5, 5.41) is 4.14. The first-order valence-corrected chi connectivity index (χ1v) is 9.20. The highest BCUT2D eigenvalue weighted by molar-refractivity contribution is 6.39. The lowest BCUT2D eigenvalue weighted by Gasteiger charge is -2.26. The number of ether oxygens (including phenoxy) is 1. The summed E-state index contributed by atoms with van der Waals surface area (Å²) in [6, 6.07) is 19.1. The van der Waals surface area contributed by atoms with Crippen molar-refractivity contribution in [3.63, 3.8) is 0 Å². The molecule has 0 unspecified atom stereocenters. The summed E-state index contributed by atoms with van der Waals surface area (Å²) in [7, 11) is 0. The fourth-order valence-corrected chi connectivity index (χ4v) is 3.28. The highest BCUT2D eigenvalue weighted by Crippen LogP contribution is 2.26. The Kier molecular flexibility index (Phi) is 4.83. The Morgan fingerprint density at radius 1 is 0.931 bits per heavy atom. The normalized spacial score (nSPS) is 15.7. The largest absolute Gasteiger partial charge is 0.494 e. The summed E-state index contributed by atoms with van der Waals surface area (Å²) in [5.41, 5.74) is 0.977. The second-order valence-electron chi connectivity index (χ2n) is 6.45. The molecule has 0 spiro atoms. The molecule has 6 heteroatoms. The minimum Gasteiger partial charge on any atom is -0.494 e. The van der Waals surface area contributed by atoms with E-state index in [-0.39, 0.29) is 5.57 Å². The van der Waals surface area contributed by atoms with E-state index in [1.165, 1.54) is 6.08 Å². The van der Waals surface area contributed by atoms with Gasteiger partial charge >= 0.3 is 6.03 Å². The van der Waals surface area contributed by atoms with Crippen molar-refractivity contribution in [3.05, 3.63) is 77.9 Å². The Hall–Kier alpha value is -3.93. The van der Waals surface area contributed by atoms with Gasteiger partial charge in [-0.2, -0.15) is 0 Å². The molecule has 0 aromatic heterocycles. The quantitative estimate of drug-likeness (QED) is 0.545. The van der Waals surface area contributed by atoms with Crippen LogP contribution in [-0.4, -0.2) is 24.5 Å². The van der Waals surface area contributed by atoms with E-state index >= 15 is 0 Å². The van der Waals surface area contributed by atoms with Gasteiger partial charge in [-0.05, 0) is 53.6 Å². The molecule has 144 valence electrons. The van der Waals surface area contributed by atoms with E-state index in [9.17, 15) is 14.4 Å². The van der Waals surface area contributed by atoms with Gasteiger partial charge in [-0.25, -0.2) is 9.69 Å². The number of amides is 4. The predicted molar refractivity (Wildman–Crippen MR) is 111 cm³/mol. The summed E-state index contributed by atoms with van der Waals surface area (Å²) in [5.74, 6) is -0.755. The topological polar surface area (TPSA) is 75.7 Å². The summed E-state index contributed by atoms with van der Waals surface area (Å²) < 4.78 is 5.39. The van der Waals surface area contributed by atoms with Gasteiger partial charge in [0.15, 0.2) is 0 Å². The number of benzene rings is 3. The summed E-state index contributed by atoms with van der Waals surface area (Å²) in [6.45, 7) is 2.38. The molecule has 6 nitrogen and oxygen atoms in total. The summed E-state index contributed by atoms with van der Waals surface area (Å²) >= 11 is 0. The van der Waals surface area contributed by atoms with Crippen molar-refractivity contribution in [1.82, 2.24) is 5.32 Å². The average molecular weight is 386 g/mol. The van der Waals surface area contributed by atoms with Crippen LogP contribution in [0.2, 0.25) is 0 Å². The van der Waals surface area contributed by atoms with Gasteiger partial charge in [0.1, 0.15) is 11.3 Å². The maximum absolute atomic E-state index is 13.0. The molecular weight excluding hydrogens is 368 g/mol. The minimum atomic E-state index is -0.778. The van der Waals surface area contributed by atoms with Crippen molar-refractivity contribution in [1.29, 1.82) is 0 Å². The molecule has 1 saturated heterocycles. The van der Waals surface area contributed by atoms with Gasteiger partial charge < -0.3 is 4.74 Å². The number of hydrogen-bond acceptors (Lipinski definition) is 4. The smallest absolute Gasteiger partial charge is 0.335 e. The zero-order valence-electron chi connectivity index (χ0n) is 15.7.